The van der Waals surface area contributed by atoms with Crippen LogP contribution in [-0.2, 0) is 13.6 Å². The molecule has 0 unspecified atom stereocenters. The topological polar surface area (TPSA) is 80.9 Å². The number of hydrogen-bond donors (Lipinski definition) is 1. The number of aromatic nitrogens is 5. The minimum absolute atomic E-state index is 0.0563. The molecule has 0 radical (unpaired) electrons. The average Bonchev–Trinajstić information content (AvgIpc) is 3.29. The van der Waals surface area contributed by atoms with Gasteiger partial charge in [-0.2, -0.15) is 0 Å². The maximum Gasteiger partial charge on any atom is 0.255 e. The molecule has 3 aliphatic rings. The lowest BCUT2D eigenvalue weighted by Gasteiger charge is -2.34. The molecule has 1 aliphatic carbocycles. The first kappa shape index (κ1) is 20.1. The van der Waals surface area contributed by atoms with Crippen LogP contribution >= 0.6 is 0 Å². The number of nitrogens with zero attached hydrogens (tertiary/aromatic N) is 6. The van der Waals surface area contributed by atoms with Crippen molar-refractivity contribution in [1.29, 1.82) is 0 Å². The molecule has 0 aromatic carbocycles. The highest BCUT2D eigenvalue weighted by molar-refractivity contribution is 5.97. The fraction of sp³-hybridized carbons (Fsp3) is 0.462. The number of pyridine rings is 2. The van der Waals surface area contributed by atoms with E-state index in [1.807, 2.05) is 34.8 Å². The molecule has 4 aromatic rings. The van der Waals surface area contributed by atoms with Crippen LogP contribution in [-0.4, -0.2) is 60.6 Å². The van der Waals surface area contributed by atoms with Gasteiger partial charge in [-0.15, -0.1) is 0 Å². The van der Waals surface area contributed by atoms with Crippen molar-refractivity contribution in [2.24, 2.45) is 18.9 Å². The summed E-state index contributed by atoms with van der Waals surface area (Å²) in [6, 6.07) is 8.60. The molecule has 0 bridgehead atoms. The van der Waals surface area contributed by atoms with Crippen LogP contribution in [0.3, 0.4) is 0 Å². The lowest BCUT2D eigenvalue weighted by atomic mass is 9.92. The molecule has 174 valence electrons. The van der Waals surface area contributed by atoms with Gasteiger partial charge in [-0.1, -0.05) is 0 Å². The zero-order valence-corrected chi connectivity index (χ0v) is 19.4. The largest absolute Gasteiger partial charge is 0.337 e. The molecule has 6 heterocycles. The van der Waals surface area contributed by atoms with Gasteiger partial charge in [-0.25, -0.2) is 15.0 Å². The second-order valence-corrected chi connectivity index (χ2v) is 10.2. The number of amides is 1. The van der Waals surface area contributed by atoms with Crippen molar-refractivity contribution < 1.29 is 4.79 Å². The van der Waals surface area contributed by atoms with Gasteiger partial charge in [0, 0.05) is 50.5 Å². The number of piperidine rings is 1. The Kier molecular flexibility index (Phi) is 4.52. The summed E-state index contributed by atoms with van der Waals surface area (Å²) in [5, 5.41) is 4.68. The molecule has 0 spiro atoms. The van der Waals surface area contributed by atoms with E-state index in [2.05, 4.69) is 32.0 Å². The molecule has 2 aliphatic heterocycles. The van der Waals surface area contributed by atoms with Crippen LogP contribution in [0.1, 0.15) is 36.0 Å². The summed E-state index contributed by atoms with van der Waals surface area (Å²) < 4.78 is 4.34. The van der Waals surface area contributed by atoms with E-state index in [0.717, 1.165) is 66.3 Å². The van der Waals surface area contributed by atoms with Crippen molar-refractivity contribution in [3.8, 4) is 11.5 Å². The summed E-state index contributed by atoms with van der Waals surface area (Å²) in [5.41, 5.74) is 4.23. The third-order valence-electron chi connectivity index (χ3n) is 7.94. The van der Waals surface area contributed by atoms with Crippen LogP contribution in [0.15, 0.2) is 36.7 Å². The van der Waals surface area contributed by atoms with E-state index in [0.29, 0.717) is 23.4 Å². The van der Waals surface area contributed by atoms with Crippen molar-refractivity contribution in [2.75, 3.05) is 19.6 Å². The monoisotopic (exact) mass is 455 g/mol. The zero-order chi connectivity index (χ0) is 22.8. The first-order valence-electron chi connectivity index (χ1n) is 12.5. The van der Waals surface area contributed by atoms with Crippen LogP contribution < -0.4 is 5.32 Å². The fourth-order valence-electron chi connectivity index (χ4n) is 5.84. The molecule has 34 heavy (non-hydrogen) atoms. The average molecular weight is 456 g/mol. The van der Waals surface area contributed by atoms with Gasteiger partial charge in [0.2, 0.25) is 0 Å². The Bertz CT molecular complexity index is 1420. The standard InChI is InChI=1S/C26H29N7O/c1-31-24-20(11-19(13-29-24)26(34)32-10-7-17-6-9-27-21(17)15-32)30-25(31)22-12-18-3-2-8-28-23(18)33(22)14-16-4-5-16/h2-3,8,11-13,16-17,21,27H,4-7,9-10,14-15H2,1H3/t17-,21+/m1/s1. The number of nitrogens with one attached hydrogen (secondary N) is 1. The predicted molar refractivity (Wildman–Crippen MR) is 130 cm³/mol. The van der Waals surface area contributed by atoms with E-state index in [-0.39, 0.29) is 5.91 Å². The minimum atomic E-state index is 0.0563. The van der Waals surface area contributed by atoms with Crippen LogP contribution in [0.4, 0.5) is 0 Å². The van der Waals surface area contributed by atoms with Crippen molar-refractivity contribution in [3.05, 3.63) is 42.2 Å². The molecular formula is C26H29N7O. The van der Waals surface area contributed by atoms with Gasteiger partial charge in [0.05, 0.1) is 11.3 Å². The Morgan fingerprint density at radius 3 is 2.94 bits per heavy atom. The Balaban J connectivity index is 1.25. The normalized spacial score (nSPS) is 22.6. The third kappa shape index (κ3) is 3.23. The molecule has 8 heteroatoms. The summed E-state index contributed by atoms with van der Waals surface area (Å²) in [6.07, 6.45) is 8.42. The van der Waals surface area contributed by atoms with Gasteiger partial charge >= 0.3 is 0 Å². The number of carbonyl (C=O) groups excluding carboxylic acids is 1. The summed E-state index contributed by atoms with van der Waals surface area (Å²) in [4.78, 5) is 29.6. The molecule has 2 atom stereocenters. The summed E-state index contributed by atoms with van der Waals surface area (Å²) in [6.45, 7) is 3.63. The van der Waals surface area contributed by atoms with Crippen LogP contribution in [0, 0.1) is 11.8 Å². The van der Waals surface area contributed by atoms with Crippen LogP contribution in [0.2, 0.25) is 0 Å². The van der Waals surface area contributed by atoms with Gasteiger partial charge in [-0.3, -0.25) is 4.79 Å². The Hall–Kier alpha value is -3.26. The van der Waals surface area contributed by atoms with E-state index < -0.39 is 0 Å². The first-order chi connectivity index (χ1) is 16.7. The molecule has 1 saturated carbocycles. The smallest absolute Gasteiger partial charge is 0.255 e. The summed E-state index contributed by atoms with van der Waals surface area (Å²) >= 11 is 0. The Morgan fingerprint density at radius 1 is 1.15 bits per heavy atom. The highest BCUT2D eigenvalue weighted by Gasteiger charge is 2.35. The van der Waals surface area contributed by atoms with E-state index in [1.165, 1.54) is 19.3 Å². The maximum absolute atomic E-state index is 13.3. The number of fused-ring (bicyclic) bond motifs is 3. The first-order valence-corrected chi connectivity index (χ1v) is 12.5. The number of rotatable bonds is 4. The van der Waals surface area contributed by atoms with E-state index in [1.54, 1.807) is 6.20 Å². The summed E-state index contributed by atoms with van der Waals surface area (Å²) in [7, 11) is 2.00. The molecular weight excluding hydrogens is 426 g/mol. The number of likely N-dealkylation sites (tertiary alicyclic amines) is 1. The van der Waals surface area contributed by atoms with Gasteiger partial charge in [0.15, 0.2) is 11.5 Å². The van der Waals surface area contributed by atoms with E-state index >= 15 is 0 Å². The maximum atomic E-state index is 13.3. The van der Waals surface area contributed by atoms with Crippen molar-refractivity contribution in [3.63, 3.8) is 0 Å². The van der Waals surface area contributed by atoms with Crippen molar-refractivity contribution >= 4 is 28.1 Å². The van der Waals surface area contributed by atoms with Crippen molar-refractivity contribution in [1.82, 2.24) is 34.3 Å². The van der Waals surface area contributed by atoms with Crippen LogP contribution in [0.5, 0.6) is 0 Å². The van der Waals surface area contributed by atoms with E-state index in [4.69, 9.17) is 4.98 Å². The summed E-state index contributed by atoms with van der Waals surface area (Å²) in [5.74, 6) is 2.34. The van der Waals surface area contributed by atoms with Crippen molar-refractivity contribution in [2.45, 2.75) is 38.3 Å². The molecule has 8 nitrogen and oxygen atoms in total. The third-order valence-corrected chi connectivity index (χ3v) is 7.94. The lowest BCUT2D eigenvalue weighted by molar-refractivity contribution is 0.0669. The van der Waals surface area contributed by atoms with Gasteiger partial charge < -0.3 is 19.4 Å². The fourth-order valence-corrected chi connectivity index (χ4v) is 5.84. The SMILES string of the molecule is Cn1c(-c2cc3cccnc3n2CC2CC2)nc2cc(C(=O)N3CC[C@H]4CCN[C@H]4C3)cnc21. The molecule has 1 N–H and O–H groups in total. The highest BCUT2D eigenvalue weighted by Crippen LogP contribution is 2.35. The number of hydrogen-bond acceptors (Lipinski definition) is 5. The predicted octanol–water partition coefficient (Wildman–Crippen LogP) is 3.22. The number of imidazole rings is 1. The van der Waals surface area contributed by atoms with E-state index in [9.17, 15) is 4.79 Å². The second-order valence-electron chi connectivity index (χ2n) is 10.2. The zero-order valence-electron chi connectivity index (χ0n) is 19.4. The molecule has 7 rings (SSSR count). The molecule has 2 saturated heterocycles. The van der Waals surface area contributed by atoms with Crippen LogP contribution in [0.25, 0.3) is 33.7 Å². The quantitative estimate of drug-likeness (QED) is 0.511. The highest BCUT2D eigenvalue weighted by atomic mass is 16.2. The lowest BCUT2D eigenvalue weighted by Crippen LogP contribution is -2.48. The van der Waals surface area contributed by atoms with Gasteiger partial charge in [0.1, 0.15) is 11.2 Å². The number of aryl methyl sites for hydroxylation is 1. The van der Waals surface area contributed by atoms with Gasteiger partial charge in [-0.05, 0) is 68.3 Å². The Morgan fingerprint density at radius 2 is 2.06 bits per heavy atom. The molecule has 1 amide bonds. The minimum Gasteiger partial charge on any atom is -0.337 e. The van der Waals surface area contributed by atoms with Gasteiger partial charge in [0.25, 0.3) is 5.91 Å². The number of carbonyl (C=O) groups is 1. The molecule has 4 aromatic heterocycles. The Labute approximate surface area is 198 Å². The second kappa shape index (κ2) is 7.63. The molecule has 3 fully saturated rings.